The zero-order valence-electron chi connectivity index (χ0n) is 12.4. The molecule has 5 nitrogen and oxygen atoms in total. The van der Waals surface area contributed by atoms with Crippen molar-refractivity contribution in [2.45, 2.75) is 57.5 Å². The van der Waals surface area contributed by atoms with Crippen LogP contribution in [-0.2, 0) is 4.79 Å². The molecule has 0 aromatic carbocycles. The summed E-state index contributed by atoms with van der Waals surface area (Å²) in [5.41, 5.74) is 0. The standard InChI is InChI=1S/C14H26N2O3S/c1-3-10-5-4-6-11(9-10)15-14(19)16-12(13(17)18)7-8-20-2/h10-12H,3-9H2,1-2H3,(H,17,18)(H2,15,16,19). The number of hydrogen-bond acceptors (Lipinski definition) is 3. The Bertz CT molecular complexity index is 326. The topological polar surface area (TPSA) is 78.4 Å². The van der Waals surface area contributed by atoms with Crippen LogP contribution < -0.4 is 10.6 Å². The van der Waals surface area contributed by atoms with Gasteiger partial charge in [0.05, 0.1) is 0 Å². The van der Waals surface area contributed by atoms with Crippen LogP contribution in [0.4, 0.5) is 4.79 Å². The number of thioether (sulfide) groups is 1. The van der Waals surface area contributed by atoms with Crippen LogP contribution in [0, 0.1) is 5.92 Å². The molecule has 0 saturated heterocycles. The Morgan fingerprint density at radius 3 is 2.75 bits per heavy atom. The zero-order chi connectivity index (χ0) is 15.0. The lowest BCUT2D eigenvalue weighted by molar-refractivity contribution is -0.139. The highest BCUT2D eigenvalue weighted by atomic mass is 32.2. The lowest BCUT2D eigenvalue weighted by Crippen LogP contribution is -2.50. The molecule has 0 spiro atoms. The van der Waals surface area contributed by atoms with Crippen LogP contribution in [0.1, 0.15) is 45.4 Å². The third-order valence-corrected chi connectivity index (χ3v) is 4.55. The van der Waals surface area contributed by atoms with Crippen molar-refractivity contribution in [2.24, 2.45) is 5.92 Å². The summed E-state index contributed by atoms with van der Waals surface area (Å²) in [6.45, 7) is 2.18. The number of aliphatic carboxylic acids is 1. The molecule has 20 heavy (non-hydrogen) atoms. The molecule has 0 aliphatic heterocycles. The summed E-state index contributed by atoms with van der Waals surface area (Å²) in [6.07, 6.45) is 7.89. The molecule has 116 valence electrons. The number of hydrogen-bond donors (Lipinski definition) is 3. The molecule has 1 aliphatic rings. The number of rotatable bonds is 7. The van der Waals surface area contributed by atoms with E-state index in [0.29, 0.717) is 12.3 Å². The predicted octanol–water partition coefficient (Wildman–Crippen LogP) is 2.46. The van der Waals surface area contributed by atoms with Crippen LogP contribution in [0.5, 0.6) is 0 Å². The van der Waals surface area contributed by atoms with Gasteiger partial charge < -0.3 is 15.7 Å². The van der Waals surface area contributed by atoms with Gasteiger partial charge >= 0.3 is 12.0 Å². The van der Waals surface area contributed by atoms with Crippen molar-refractivity contribution in [3.63, 3.8) is 0 Å². The number of nitrogens with one attached hydrogen (secondary N) is 2. The minimum atomic E-state index is -0.968. The Kier molecular flexibility index (Phi) is 7.80. The lowest BCUT2D eigenvalue weighted by atomic mass is 9.84. The van der Waals surface area contributed by atoms with Gasteiger partial charge in [-0.3, -0.25) is 0 Å². The molecule has 2 amide bonds. The molecule has 0 heterocycles. The van der Waals surface area contributed by atoms with Crippen molar-refractivity contribution >= 4 is 23.8 Å². The third-order valence-electron chi connectivity index (χ3n) is 3.91. The number of carboxylic acid groups (broad SMARTS) is 1. The fourth-order valence-corrected chi connectivity index (χ4v) is 3.14. The van der Waals surface area contributed by atoms with Gasteiger partial charge in [-0.1, -0.05) is 26.2 Å². The Labute approximate surface area is 125 Å². The molecule has 0 aromatic rings. The van der Waals surface area contributed by atoms with E-state index in [1.54, 1.807) is 11.8 Å². The van der Waals surface area contributed by atoms with Gasteiger partial charge in [-0.25, -0.2) is 9.59 Å². The van der Waals surface area contributed by atoms with Crippen molar-refractivity contribution in [1.29, 1.82) is 0 Å². The first kappa shape index (κ1) is 17.1. The highest BCUT2D eigenvalue weighted by molar-refractivity contribution is 7.98. The summed E-state index contributed by atoms with van der Waals surface area (Å²) in [6, 6.07) is -0.961. The van der Waals surface area contributed by atoms with Crippen molar-refractivity contribution in [2.75, 3.05) is 12.0 Å². The smallest absolute Gasteiger partial charge is 0.326 e. The van der Waals surface area contributed by atoms with Gasteiger partial charge in [-0.05, 0) is 37.2 Å². The first-order chi connectivity index (χ1) is 9.56. The van der Waals surface area contributed by atoms with Gasteiger partial charge in [-0.15, -0.1) is 0 Å². The quantitative estimate of drug-likeness (QED) is 0.675. The predicted molar refractivity (Wildman–Crippen MR) is 82.1 cm³/mol. The maximum Gasteiger partial charge on any atom is 0.326 e. The molecular formula is C14H26N2O3S. The highest BCUT2D eigenvalue weighted by Gasteiger charge is 2.24. The Morgan fingerprint density at radius 2 is 2.15 bits per heavy atom. The van der Waals surface area contributed by atoms with Crippen LogP contribution in [-0.4, -0.2) is 41.2 Å². The van der Waals surface area contributed by atoms with Gasteiger partial charge in [0.2, 0.25) is 0 Å². The van der Waals surface area contributed by atoms with Crippen molar-refractivity contribution in [1.82, 2.24) is 10.6 Å². The highest BCUT2D eigenvalue weighted by Crippen LogP contribution is 2.26. The molecule has 1 saturated carbocycles. The fraction of sp³-hybridized carbons (Fsp3) is 0.857. The van der Waals surface area contributed by atoms with E-state index in [9.17, 15) is 9.59 Å². The van der Waals surface area contributed by atoms with Crippen molar-refractivity contribution in [3.05, 3.63) is 0 Å². The average Bonchev–Trinajstić information content (AvgIpc) is 2.43. The van der Waals surface area contributed by atoms with Gasteiger partial charge in [0.25, 0.3) is 0 Å². The fourth-order valence-electron chi connectivity index (χ4n) is 2.67. The van der Waals surface area contributed by atoms with Gasteiger partial charge in [0.1, 0.15) is 6.04 Å². The SMILES string of the molecule is CCC1CCCC(NC(=O)NC(CCSC)C(=O)O)C1. The second-order valence-corrected chi connectivity index (χ2v) is 6.41. The zero-order valence-corrected chi connectivity index (χ0v) is 13.2. The van der Waals surface area contributed by atoms with E-state index >= 15 is 0 Å². The molecule has 0 aromatic heterocycles. The second-order valence-electron chi connectivity index (χ2n) is 5.43. The van der Waals surface area contributed by atoms with Gasteiger partial charge in [-0.2, -0.15) is 11.8 Å². The summed E-state index contributed by atoms with van der Waals surface area (Å²) in [5, 5.41) is 14.6. The first-order valence-electron chi connectivity index (χ1n) is 7.35. The molecule has 3 N–H and O–H groups in total. The Balaban J connectivity index is 2.38. The van der Waals surface area contributed by atoms with Crippen molar-refractivity contribution < 1.29 is 14.7 Å². The minimum Gasteiger partial charge on any atom is -0.480 e. The number of carbonyl (C=O) groups is 2. The molecule has 1 fully saturated rings. The van der Waals surface area contributed by atoms with Crippen LogP contribution in [0.25, 0.3) is 0 Å². The molecule has 0 radical (unpaired) electrons. The van der Waals surface area contributed by atoms with E-state index < -0.39 is 12.0 Å². The lowest BCUT2D eigenvalue weighted by Gasteiger charge is -2.29. The second kappa shape index (κ2) is 9.10. The average molecular weight is 302 g/mol. The van der Waals surface area contributed by atoms with E-state index in [1.807, 2.05) is 6.26 Å². The Hall–Kier alpha value is -0.910. The normalized spacial score (nSPS) is 23.9. The van der Waals surface area contributed by atoms with E-state index in [4.69, 9.17) is 5.11 Å². The largest absolute Gasteiger partial charge is 0.480 e. The van der Waals surface area contributed by atoms with Gasteiger partial charge in [0.15, 0.2) is 0 Å². The summed E-state index contributed by atoms with van der Waals surface area (Å²) in [7, 11) is 0. The first-order valence-corrected chi connectivity index (χ1v) is 8.75. The van der Waals surface area contributed by atoms with Crippen molar-refractivity contribution in [3.8, 4) is 0 Å². The maximum atomic E-state index is 11.9. The van der Waals surface area contributed by atoms with E-state index in [1.165, 1.54) is 6.42 Å². The van der Waals surface area contributed by atoms with Crippen LogP contribution in [0.3, 0.4) is 0 Å². The number of carbonyl (C=O) groups excluding carboxylic acids is 1. The summed E-state index contributed by atoms with van der Waals surface area (Å²) >= 11 is 1.58. The number of amides is 2. The summed E-state index contributed by atoms with van der Waals surface area (Å²) < 4.78 is 0. The minimum absolute atomic E-state index is 0.184. The van der Waals surface area contributed by atoms with Crippen LogP contribution in [0.2, 0.25) is 0 Å². The van der Waals surface area contributed by atoms with E-state index in [2.05, 4.69) is 17.6 Å². The van der Waals surface area contributed by atoms with Crippen LogP contribution in [0.15, 0.2) is 0 Å². The molecule has 0 bridgehead atoms. The van der Waals surface area contributed by atoms with Crippen LogP contribution >= 0.6 is 11.8 Å². The van der Waals surface area contributed by atoms with Gasteiger partial charge in [0, 0.05) is 6.04 Å². The monoisotopic (exact) mass is 302 g/mol. The molecule has 1 rings (SSSR count). The molecular weight excluding hydrogens is 276 g/mol. The van der Waals surface area contributed by atoms with E-state index in [-0.39, 0.29) is 12.1 Å². The molecule has 3 unspecified atom stereocenters. The summed E-state index contributed by atoms with van der Waals surface area (Å²) in [4.78, 5) is 23.0. The third kappa shape index (κ3) is 6.03. The molecule has 6 heteroatoms. The Morgan fingerprint density at radius 1 is 1.40 bits per heavy atom. The summed E-state index contributed by atoms with van der Waals surface area (Å²) in [5.74, 6) is 0.434. The number of urea groups is 1. The van der Waals surface area contributed by atoms with E-state index in [0.717, 1.165) is 31.4 Å². The number of carboxylic acids is 1. The maximum absolute atomic E-state index is 11.9. The molecule has 1 aliphatic carbocycles. The molecule has 3 atom stereocenters.